The molecule has 1 aliphatic rings. The van der Waals surface area contributed by atoms with E-state index in [1.54, 1.807) is 18.2 Å². The molecular weight excluding hydrogens is 424 g/mol. The Hall–Kier alpha value is -3.52. The fourth-order valence-electron chi connectivity index (χ4n) is 3.69. The molecule has 2 aromatic carbocycles. The lowest BCUT2D eigenvalue weighted by Gasteiger charge is -2.10. The van der Waals surface area contributed by atoms with E-state index in [-0.39, 0.29) is 10.8 Å². The zero-order chi connectivity index (χ0) is 22.5. The number of aryl methyl sites for hydroxylation is 1. The van der Waals surface area contributed by atoms with E-state index in [9.17, 15) is 13.2 Å². The molecule has 1 amide bonds. The van der Waals surface area contributed by atoms with Crippen molar-refractivity contribution in [2.24, 2.45) is 0 Å². The minimum absolute atomic E-state index is 0.0506. The zero-order valence-corrected chi connectivity index (χ0v) is 18.6. The highest BCUT2D eigenvalue weighted by Crippen LogP contribution is 2.28. The minimum Gasteiger partial charge on any atom is -0.349 e. The van der Waals surface area contributed by atoms with E-state index in [0.717, 1.165) is 29.5 Å². The van der Waals surface area contributed by atoms with Crippen molar-refractivity contribution >= 4 is 21.4 Å². The van der Waals surface area contributed by atoms with Crippen LogP contribution in [0.5, 0.6) is 0 Å². The van der Waals surface area contributed by atoms with Crippen LogP contribution in [0.1, 0.15) is 28.8 Å². The van der Waals surface area contributed by atoms with Crippen LogP contribution in [0.2, 0.25) is 0 Å². The van der Waals surface area contributed by atoms with E-state index < -0.39 is 9.84 Å². The van der Waals surface area contributed by atoms with Gasteiger partial charge in [0.1, 0.15) is 0 Å². The summed E-state index contributed by atoms with van der Waals surface area (Å²) < 4.78 is 25.7. The highest BCUT2D eigenvalue weighted by Gasteiger charge is 2.24. The molecule has 2 aromatic heterocycles. The van der Waals surface area contributed by atoms with Crippen molar-refractivity contribution in [3.05, 3.63) is 71.9 Å². The number of carbonyl (C=O) groups is 1. The molecular formula is C24H22N4O3S. The molecule has 0 radical (unpaired) electrons. The molecule has 0 saturated heterocycles. The lowest BCUT2D eigenvalue weighted by Crippen LogP contribution is -2.25. The second-order valence-corrected chi connectivity index (χ2v) is 10.3. The molecule has 0 aliphatic heterocycles. The summed E-state index contributed by atoms with van der Waals surface area (Å²) in [5.74, 6) is 0.511. The van der Waals surface area contributed by atoms with Crippen molar-refractivity contribution in [1.82, 2.24) is 19.9 Å². The average Bonchev–Trinajstić information content (AvgIpc) is 3.48. The van der Waals surface area contributed by atoms with Gasteiger partial charge < -0.3 is 5.32 Å². The smallest absolute Gasteiger partial charge is 0.251 e. The largest absolute Gasteiger partial charge is 0.349 e. The Morgan fingerprint density at radius 1 is 1.03 bits per heavy atom. The van der Waals surface area contributed by atoms with Crippen LogP contribution in [0.3, 0.4) is 0 Å². The first kappa shape index (κ1) is 20.4. The molecule has 162 valence electrons. The topological polar surface area (TPSA) is 93.4 Å². The molecule has 0 spiro atoms. The SMILES string of the molecule is Cc1ccc(C(=O)NC2CC2)cc1-c1ccn2c(-c3cccc(S(C)(=O)=O)c3)nnc2c1. The van der Waals surface area contributed by atoms with E-state index >= 15 is 0 Å². The Labute approximate surface area is 186 Å². The number of hydrogen-bond acceptors (Lipinski definition) is 5. The van der Waals surface area contributed by atoms with E-state index in [4.69, 9.17) is 0 Å². The zero-order valence-electron chi connectivity index (χ0n) is 17.7. The number of carbonyl (C=O) groups excluding carboxylic acids is 1. The first-order valence-electron chi connectivity index (χ1n) is 10.4. The van der Waals surface area contributed by atoms with Gasteiger partial charge in [0.05, 0.1) is 4.90 Å². The number of benzene rings is 2. The minimum atomic E-state index is -3.32. The van der Waals surface area contributed by atoms with Gasteiger partial charge in [-0.3, -0.25) is 9.20 Å². The normalized spacial score (nSPS) is 13.9. The van der Waals surface area contributed by atoms with Crippen molar-refractivity contribution in [2.45, 2.75) is 30.7 Å². The van der Waals surface area contributed by atoms with Crippen molar-refractivity contribution in [3.8, 4) is 22.5 Å². The van der Waals surface area contributed by atoms with Crippen molar-refractivity contribution < 1.29 is 13.2 Å². The highest BCUT2D eigenvalue weighted by molar-refractivity contribution is 7.90. The van der Waals surface area contributed by atoms with Crippen LogP contribution in [0.25, 0.3) is 28.2 Å². The van der Waals surface area contributed by atoms with Gasteiger partial charge in [0.25, 0.3) is 5.91 Å². The second kappa shape index (κ2) is 7.56. The standard InChI is InChI=1S/C24H22N4O3S/c1-15-6-7-18(24(29)25-19-8-9-19)13-21(15)16-10-11-28-22(14-16)26-27-23(28)17-4-3-5-20(12-17)32(2,30)31/h3-7,10-14,19H,8-9H2,1-2H3,(H,25,29). The molecule has 2 heterocycles. The Bertz CT molecular complexity index is 1470. The van der Waals surface area contributed by atoms with Gasteiger partial charge in [-0.25, -0.2) is 8.42 Å². The van der Waals surface area contributed by atoms with Crippen LogP contribution < -0.4 is 5.32 Å². The van der Waals surface area contributed by atoms with Crippen molar-refractivity contribution in [2.75, 3.05) is 6.26 Å². The van der Waals surface area contributed by atoms with Gasteiger partial charge in [0, 0.05) is 29.6 Å². The summed E-state index contributed by atoms with van der Waals surface area (Å²) in [7, 11) is -3.32. The average molecular weight is 447 g/mol. The van der Waals surface area contributed by atoms with Gasteiger partial charge >= 0.3 is 0 Å². The Morgan fingerprint density at radius 3 is 2.59 bits per heavy atom. The molecule has 0 unspecified atom stereocenters. The second-order valence-electron chi connectivity index (χ2n) is 8.24. The number of hydrogen-bond donors (Lipinski definition) is 1. The maximum Gasteiger partial charge on any atom is 0.251 e. The molecule has 0 atom stereocenters. The summed E-state index contributed by atoms with van der Waals surface area (Å²) in [5, 5.41) is 11.6. The summed E-state index contributed by atoms with van der Waals surface area (Å²) in [6, 6.07) is 16.6. The Kier molecular flexibility index (Phi) is 4.82. The first-order chi connectivity index (χ1) is 15.3. The fourth-order valence-corrected chi connectivity index (χ4v) is 4.36. The maximum absolute atomic E-state index is 12.5. The molecule has 1 N–H and O–H groups in total. The van der Waals surface area contributed by atoms with E-state index in [1.165, 1.54) is 6.26 Å². The van der Waals surface area contributed by atoms with Crippen LogP contribution in [0.4, 0.5) is 0 Å². The quantitative estimate of drug-likeness (QED) is 0.505. The third-order valence-electron chi connectivity index (χ3n) is 5.65. The number of fused-ring (bicyclic) bond motifs is 1. The number of nitrogens with one attached hydrogen (secondary N) is 1. The number of nitrogens with zero attached hydrogens (tertiary/aromatic N) is 3. The van der Waals surface area contributed by atoms with Crippen LogP contribution >= 0.6 is 0 Å². The summed E-state index contributed by atoms with van der Waals surface area (Å²) in [6.07, 6.45) is 5.14. The van der Waals surface area contributed by atoms with Crippen LogP contribution in [0, 0.1) is 6.92 Å². The summed E-state index contributed by atoms with van der Waals surface area (Å²) in [6.45, 7) is 2.01. The number of sulfone groups is 1. The lowest BCUT2D eigenvalue weighted by atomic mass is 9.98. The molecule has 1 saturated carbocycles. The van der Waals surface area contributed by atoms with Gasteiger partial charge in [-0.2, -0.15) is 0 Å². The lowest BCUT2D eigenvalue weighted by molar-refractivity contribution is 0.0951. The first-order valence-corrected chi connectivity index (χ1v) is 12.3. The number of rotatable bonds is 5. The van der Waals surface area contributed by atoms with Crippen LogP contribution in [0.15, 0.2) is 65.7 Å². The van der Waals surface area contributed by atoms with Gasteiger partial charge in [-0.1, -0.05) is 18.2 Å². The maximum atomic E-state index is 12.5. The van der Waals surface area contributed by atoms with Gasteiger partial charge in [0.2, 0.25) is 0 Å². The number of pyridine rings is 1. The van der Waals surface area contributed by atoms with Gasteiger partial charge in [-0.15, -0.1) is 10.2 Å². The van der Waals surface area contributed by atoms with E-state index in [1.807, 2.05) is 53.9 Å². The molecule has 4 aromatic rings. The third-order valence-corrected chi connectivity index (χ3v) is 6.76. The number of aromatic nitrogens is 3. The predicted octanol–water partition coefficient (Wildman–Crippen LogP) is 3.67. The predicted molar refractivity (Wildman–Crippen MR) is 122 cm³/mol. The summed E-state index contributed by atoms with van der Waals surface area (Å²) in [5.41, 5.74) is 4.88. The Morgan fingerprint density at radius 2 is 1.84 bits per heavy atom. The van der Waals surface area contributed by atoms with Crippen LogP contribution in [-0.2, 0) is 9.84 Å². The molecule has 1 aliphatic carbocycles. The summed E-state index contributed by atoms with van der Waals surface area (Å²) >= 11 is 0. The molecule has 5 rings (SSSR count). The summed E-state index contributed by atoms with van der Waals surface area (Å²) in [4.78, 5) is 12.7. The molecule has 32 heavy (non-hydrogen) atoms. The molecule has 8 heteroatoms. The van der Waals surface area contributed by atoms with E-state index in [2.05, 4.69) is 15.5 Å². The highest BCUT2D eigenvalue weighted by atomic mass is 32.2. The number of amides is 1. The third kappa shape index (κ3) is 3.89. The molecule has 0 bridgehead atoms. The fraction of sp³-hybridized carbons (Fsp3) is 0.208. The monoisotopic (exact) mass is 446 g/mol. The van der Waals surface area contributed by atoms with Crippen LogP contribution in [-0.4, -0.2) is 41.2 Å². The van der Waals surface area contributed by atoms with Gasteiger partial charge in [0.15, 0.2) is 21.3 Å². The van der Waals surface area contributed by atoms with Gasteiger partial charge in [-0.05, 0) is 72.9 Å². The van der Waals surface area contributed by atoms with Crippen molar-refractivity contribution in [3.63, 3.8) is 0 Å². The van der Waals surface area contributed by atoms with Crippen molar-refractivity contribution in [1.29, 1.82) is 0 Å². The molecule has 7 nitrogen and oxygen atoms in total. The Balaban J connectivity index is 1.53. The van der Waals surface area contributed by atoms with E-state index in [0.29, 0.717) is 28.6 Å². The molecule has 1 fully saturated rings.